The van der Waals surface area contributed by atoms with E-state index in [1.165, 1.54) is 13.2 Å². The lowest BCUT2D eigenvalue weighted by Gasteiger charge is -2.15. The van der Waals surface area contributed by atoms with Gasteiger partial charge in [0, 0.05) is 18.8 Å². The predicted octanol–water partition coefficient (Wildman–Crippen LogP) is 2.51. The third-order valence-corrected chi connectivity index (χ3v) is 2.74. The molecule has 1 aromatic heterocycles. The average Bonchev–Trinajstić information content (AvgIpc) is 2.39. The lowest BCUT2D eigenvalue weighted by molar-refractivity contribution is 0.169. The highest BCUT2D eigenvalue weighted by atomic mass is 19.1. The van der Waals surface area contributed by atoms with Crippen molar-refractivity contribution in [3.63, 3.8) is 0 Å². The Bertz CT molecular complexity index is 516. The zero-order chi connectivity index (χ0) is 13.0. The molecule has 1 aromatic carbocycles. The lowest BCUT2D eigenvalue weighted by Crippen LogP contribution is -2.06. The van der Waals surface area contributed by atoms with Gasteiger partial charge in [-0.3, -0.25) is 4.98 Å². The summed E-state index contributed by atoms with van der Waals surface area (Å²) < 4.78 is 18.8. The van der Waals surface area contributed by atoms with Gasteiger partial charge in [-0.15, -0.1) is 0 Å². The summed E-state index contributed by atoms with van der Waals surface area (Å²) in [5.74, 6) is -0.104. The average molecular weight is 247 g/mol. The molecule has 0 fully saturated rings. The minimum absolute atomic E-state index is 0.191. The maximum Gasteiger partial charge on any atom is 0.132 e. The van der Waals surface area contributed by atoms with Gasteiger partial charge in [-0.2, -0.15) is 0 Å². The van der Waals surface area contributed by atoms with Crippen LogP contribution in [0.1, 0.15) is 17.2 Å². The molecule has 1 N–H and O–H groups in total. The first-order valence-corrected chi connectivity index (χ1v) is 5.61. The number of aliphatic hydroxyl groups is 1. The van der Waals surface area contributed by atoms with Gasteiger partial charge in [-0.25, -0.2) is 4.39 Å². The molecule has 0 spiro atoms. The van der Waals surface area contributed by atoms with Crippen molar-refractivity contribution in [1.82, 2.24) is 4.98 Å². The summed E-state index contributed by atoms with van der Waals surface area (Å²) in [4.78, 5) is 3.90. The lowest BCUT2D eigenvalue weighted by atomic mass is 10.0. The van der Waals surface area contributed by atoms with Gasteiger partial charge in [0.25, 0.3) is 0 Å². The highest BCUT2D eigenvalue weighted by Gasteiger charge is 2.18. The van der Waals surface area contributed by atoms with Gasteiger partial charge in [0.2, 0.25) is 0 Å². The molecule has 2 rings (SSSR count). The second-order valence-electron chi connectivity index (χ2n) is 3.93. The Balaban J connectivity index is 2.26. The predicted molar refractivity (Wildman–Crippen MR) is 65.9 cm³/mol. The molecule has 0 aliphatic rings. The third kappa shape index (κ3) is 2.65. The largest absolute Gasteiger partial charge is 0.496 e. The molecule has 1 unspecified atom stereocenters. The summed E-state index contributed by atoms with van der Waals surface area (Å²) in [6.45, 7) is 0. The number of methoxy groups -OCH3 is 1. The Morgan fingerprint density at radius 1 is 1.28 bits per heavy atom. The molecule has 94 valence electrons. The van der Waals surface area contributed by atoms with E-state index in [4.69, 9.17) is 4.74 Å². The van der Waals surface area contributed by atoms with Gasteiger partial charge in [0.1, 0.15) is 11.6 Å². The zero-order valence-corrected chi connectivity index (χ0v) is 10.0. The third-order valence-electron chi connectivity index (χ3n) is 2.74. The van der Waals surface area contributed by atoms with Gasteiger partial charge in [-0.05, 0) is 29.8 Å². The van der Waals surface area contributed by atoms with Crippen molar-refractivity contribution in [3.8, 4) is 5.75 Å². The Kier molecular flexibility index (Phi) is 3.89. The van der Waals surface area contributed by atoms with Crippen molar-refractivity contribution in [2.45, 2.75) is 12.5 Å². The maximum atomic E-state index is 13.7. The van der Waals surface area contributed by atoms with E-state index >= 15 is 0 Å². The molecule has 0 saturated carbocycles. The first-order valence-electron chi connectivity index (χ1n) is 5.61. The summed E-state index contributed by atoms with van der Waals surface area (Å²) in [5, 5.41) is 10.1. The molecule has 1 atom stereocenters. The molecule has 0 aliphatic carbocycles. The summed E-state index contributed by atoms with van der Waals surface area (Å²) in [5.41, 5.74) is 1.08. The first-order chi connectivity index (χ1) is 8.72. The minimum atomic E-state index is -0.941. The fourth-order valence-corrected chi connectivity index (χ4v) is 1.86. The van der Waals surface area contributed by atoms with Gasteiger partial charge < -0.3 is 9.84 Å². The Morgan fingerprint density at radius 3 is 2.67 bits per heavy atom. The highest BCUT2D eigenvalue weighted by Crippen LogP contribution is 2.29. The molecule has 0 amide bonds. The van der Waals surface area contributed by atoms with Crippen LogP contribution in [0.3, 0.4) is 0 Å². The quantitative estimate of drug-likeness (QED) is 0.902. The molecular formula is C14H14FNO2. The molecule has 0 aliphatic heterocycles. The fourth-order valence-electron chi connectivity index (χ4n) is 1.86. The Labute approximate surface area is 105 Å². The molecule has 0 bridgehead atoms. The molecule has 0 radical (unpaired) electrons. The normalized spacial score (nSPS) is 12.2. The number of pyridine rings is 1. The number of hydrogen-bond donors (Lipinski definition) is 1. The van der Waals surface area contributed by atoms with E-state index in [0.717, 1.165) is 5.56 Å². The summed E-state index contributed by atoms with van der Waals surface area (Å²) in [6, 6.07) is 8.08. The van der Waals surface area contributed by atoms with E-state index in [2.05, 4.69) is 4.98 Å². The molecule has 0 saturated heterocycles. The Hall–Kier alpha value is -1.94. The highest BCUT2D eigenvalue weighted by molar-refractivity contribution is 5.37. The van der Waals surface area contributed by atoms with Crippen LogP contribution in [0.15, 0.2) is 42.7 Å². The van der Waals surface area contributed by atoms with E-state index in [1.54, 1.807) is 36.7 Å². The molecule has 1 heterocycles. The van der Waals surface area contributed by atoms with Crippen molar-refractivity contribution in [2.75, 3.05) is 7.11 Å². The number of nitrogens with zero attached hydrogens (tertiary/aromatic N) is 1. The van der Waals surface area contributed by atoms with Gasteiger partial charge >= 0.3 is 0 Å². The second kappa shape index (κ2) is 5.60. The van der Waals surface area contributed by atoms with E-state index in [1.807, 2.05) is 0 Å². The van der Waals surface area contributed by atoms with Crippen LogP contribution in [0.2, 0.25) is 0 Å². The molecular weight excluding hydrogens is 233 g/mol. The monoisotopic (exact) mass is 247 g/mol. The van der Waals surface area contributed by atoms with E-state index in [0.29, 0.717) is 12.2 Å². The topological polar surface area (TPSA) is 42.4 Å². The van der Waals surface area contributed by atoms with E-state index in [-0.39, 0.29) is 5.56 Å². The number of hydrogen-bond acceptors (Lipinski definition) is 3. The molecule has 2 aromatic rings. The number of ether oxygens (including phenoxy) is 1. The maximum absolute atomic E-state index is 13.7. The standard InChI is InChI=1S/C14H14FNO2/c1-18-13-4-2-3-11(15)14(13)12(17)9-10-5-7-16-8-6-10/h2-8,12,17H,9H2,1H3. The van der Waals surface area contributed by atoms with Gasteiger partial charge in [0.15, 0.2) is 0 Å². The SMILES string of the molecule is COc1cccc(F)c1C(O)Cc1ccncc1. The van der Waals surface area contributed by atoms with Gasteiger partial charge in [-0.1, -0.05) is 6.07 Å². The van der Waals surface area contributed by atoms with Crippen LogP contribution in [-0.2, 0) is 6.42 Å². The number of benzene rings is 1. The minimum Gasteiger partial charge on any atom is -0.496 e. The van der Waals surface area contributed by atoms with Crippen molar-refractivity contribution in [3.05, 3.63) is 59.7 Å². The van der Waals surface area contributed by atoms with Crippen molar-refractivity contribution in [1.29, 1.82) is 0 Å². The number of halogens is 1. The van der Waals surface area contributed by atoms with Crippen LogP contribution in [0.25, 0.3) is 0 Å². The van der Waals surface area contributed by atoms with Crippen LogP contribution in [0, 0.1) is 5.82 Å². The number of aliphatic hydroxyl groups excluding tert-OH is 1. The van der Waals surface area contributed by atoms with Crippen molar-refractivity contribution >= 4 is 0 Å². The number of aromatic nitrogens is 1. The van der Waals surface area contributed by atoms with Crippen molar-refractivity contribution in [2.24, 2.45) is 0 Å². The van der Waals surface area contributed by atoms with Crippen LogP contribution >= 0.6 is 0 Å². The summed E-state index contributed by atoms with van der Waals surface area (Å²) in [6.07, 6.45) is 2.66. The van der Waals surface area contributed by atoms with Crippen LogP contribution < -0.4 is 4.74 Å². The van der Waals surface area contributed by atoms with E-state index in [9.17, 15) is 9.50 Å². The zero-order valence-electron chi connectivity index (χ0n) is 10.0. The van der Waals surface area contributed by atoms with Gasteiger partial charge in [0.05, 0.1) is 18.8 Å². The van der Waals surface area contributed by atoms with Crippen molar-refractivity contribution < 1.29 is 14.2 Å². The fraction of sp³-hybridized carbons (Fsp3) is 0.214. The summed E-state index contributed by atoms with van der Waals surface area (Å²) >= 11 is 0. The Morgan fingerprint density at radius 2 is 2.00 bits per heavy atom. The van der Waals surface area contributed by atoms with Crippen LogP contribution in [-0.4, -0.2) is 17.2 Å². The summed E-state index contributed by atoms with van der Waals surface area (Å²) in [7, 11) is 1.46. The smallest absolute Gasteiger partial charge is 0.132 e. The van der Waals surface area contributed by atoms with Crippen LogP contribution in [0.4, 0.5) is 4.39 Å². The molecule has 3 nitrogen and oxygen atoms in total. The second-order valence-corrected chi connectivity index (χ2v) is 3.93. The first kappa shape index (κ1) is 12.5. The van der Waals surface area contributed by atoms with E-state index < -0.39 is 11.9 Å². The molecule has 18 heavy (non-hydrogen) atoms. The molecule has 4 heteroatoms. The number of rotatable bonds is 4. The van der Waals surface area contributed by atoms with Crippen LogP contribution in [0.5, 0.6) is 5.75 Å².